The fourth-order valence-electron chi connectivity index (χ4n) is 5.77. The van der Waals surface area contributed by atoms with Crippen molar-refractivity contribution >= 4 is 41.0 Å². The Labute approximate surface area is 276 Å². The molecule has 1 aromatic heterocycles. The lowest BCUT2D eigenvalue weighted by Crippen LogP contribution is -2.44. The number of thioether (sulfide) groups is 1. The number of nitrogens with zero attached hydrogens (tertiary/aromatic N) is 3. The number of nitrogens with one attached hydrogen (secondary N) is 1. The average Bonchev–Trinajstić information content (AvgIpc) is 3.72. The van der Waals surface area contributed by atoms with Gasteiger partial charge in [0.2, 0.25) is 11.8 Å². The minimum atomic E-state index is -0.415. The number of amides is 2. The molecule has 2 aliphatic heterocycles. The molecule has 1 N–H and O–H groups in total. The van der Waals surface area contributed by atoms with Crippen LogP contribution in [-0.4, -0.2) is 74.5 Å². The van der Waals surface area contributed by atoms with Crippen molar-refractivity contribution in [2.24, 2.45) is 0 Å². The molecule has 4 aromatic rings. The third-order valence-electron chi connectivity index (χ3n) is 8.10. The molecular weight excluding hydrogens is 628 g/mol. The van der Waals surface area contributed by atoms with Crippen LogP contribution in [0.25, 0.3) is 16.9 Å². The maximum atomic E-state index is 14.1. The summed E-state index contributed by atoms with van der Waals surface area (Å²) in [6.45, 7) is 0.887. The summed E-state index contributed by atoms with van der Waals surface area (Å²) >= 11 is 7.74. The number of halogens is 1. The minimum absolute atomic E-state index is 0.0267. The van der Waals surface area contributed by atoms with Crippen molar-refractivity contribution in [1.29, 1.82) is 0 Å². The molecule has 0 unspecified atom stereocenters. The topological polar surface area (TPSA) is 104 Å². The first-order valence-electron chi connectivity index (χ1n) is 15.0. The van der Waals surface area contributed by atoms with Gasteiger partial charge in [0.25, 0.3) is 0 Å². The third kappa shape index (κ3) is 6.53. The highest BCUT2D eigenvalue weighted by molar-refractivity contribution is 8.00. The zero-order valence-electron chi connectivity index (χ0n) is 25.8. The number of carbonyl (C=O) groups excluding carboxylic acids is 2. The van der Waals surface area contributed by atoms with E-state index in [1.165, 1.54) is 16.7 Å². The van der Waals surface area contributed by atoms with Crippen LogP contribution in [0.3, 0.4) is 0 Å². The number of anilines is 1. The van der Waals surface area contributed by atoms with Crippen LogP contribution < -0.4 is 24.4 Å². The molecule has 2 amide bonds. The van der Waals surface area contributed by atoms with Crippen LogP contribution in [0.1, 0.15) is 29.2 Å². The highest BCUT2D eigenvalue weighted by atomic mass is 35.5. The monoisotopic (exact) mass is 662 g/mol. The molecule has 0 bridgehead atoms. The number of aromatic nitrogens is 2. The summed E-state index contributed by atoms with van der Waals surface area (Å²) in [5, 5.41) is 8.28. The first-order chi connectivity index (χ1) is 22.4. The maximum Gasteiger partial charge on any atom is 0.240 e. The Bertz CT molecular complexity index is 1710. The molecule has 3 aromatic carbocycles. The van der Waals surface area contributed by atoms with E-state index in [1.54, 1.807) is 26.0 Å². The van der Waals surface area contributed by atoms with Gasteiger partial charge in [0.05, 0.1) is 49.8 Å². The molecule has 2 aliphatic rings. The Morgan fingerprint density at radius 1 is 1.02 bits per heavy atom. The number of hydrogen-bond acceptors (Lipinski definition) is 8. The molecule has 0 aliphatic carbocycles. The van der Waals surface area contributed by atoms with Crippen molar-refractivity contribution in [3.8, 4) is 34.2 Å². The maximum absolute atomic E-state index is 14.1. The van der Waals surface area contributed by atoms with E-state index < -0.39 is 5.25 Å². The summed E-state index contributed by atoms with van der Waals surface area (Å²) in [5.74, 6) is 2.06. The summed E-state index contributed by atoms with van der Waals surface area (Å²) in [5.41, 5.74) is 3.71. The predicted octanol–water partition coefficient (Wildman–Crippen LogP) is 5.68. The van der Waals surface area contributed by atoms with Gasteiger partial charge in [0, 0.05) is 34.9 Å². The van der Waals surface area contributed by atoms with Gasteiger partial charge >= 0.3 is 0 Å². The number of fused-ring (bicyclic) bond motifs is 1. The molecule has 0 saturated carbocycles. The summed E-state index contributed by atoms with van der Waals surface area (Å²) in [4.78, 5) is 29.1. The highest BCUT2D eigenvalue weighted by Gasteiger charge is 2.39. The van der Waals surface area contributed by atoms with Crippen molar-refractivity contribution in [3.63, 3.8) is 0 Å². The van der Waals surface area contributed by atoms with Crippen LogP contribution in [0.15, 0.2) is 66.7 Å². The van der Waals surface area contributed by atoms with Gasteiger partial charge in [-0.25, -0.2) is 4.68 Å². The second-order valence-electron chi connectivity index (χ2n) is 10.9. The van der Waals surface area contributed by atoms with E-state index in [0.717, 1.165) is 29.5 Å². The van der Waals surface area contributed by atoms with Crippen molar-refractivity contribution < 1.29 is 28.5 Å². The number of benzene rings is 3. The first-order valence-corrected chi connectivity index (χ1v) is 16.4. The number of carbonyl (C=O) groups is 2. The fourth-order valence-corrected chi connectivity index (χ4v) is 7.10. The van der Waals surface area contributed by atoms with Crippen LogP contribution in [0.5, 0.6) is 17.2 Å². The lowest BCUT2D eigenvalue weighted by atomic mass is 9.98. The number of hydrogen-bond donors (Lipinski definition) is 1. The van der Waals surface area contributed by atoms with Gasteiger partial charge in [-0.05, 0) is 67.4 Å². The van der Waals surface area contributed by atoms with Crippen molar-refractivity contribution in [3.05, 3.63) is 82.9 Å². The SMILES string of the molecule is COc1ccc(-n2nc(-c3ccc(Cl)cc3)c3c2N(CC(=O)NC[C@@H]2CCCO2)C(=O)CS[C@H]3c2cc(OC)ccc2OC)cc1. The van der Waals surface area contributed by atoms with E-state index in [0.29, 0.717) is 52.6 Å². The third-order valence-corrected chi connectivity index (χ3v) is 9.58. The Morgan fingerprint density at radius 2 is 1.76 bits per heavy atom. The standard InChI is InChI=1S/C34H35ClN4O6S/c1-42-24-12-10-23(11-13-24)39-34-31(32(37-39)21-6-8-22(35)9-7-21)33(27-17-25(43-2)14-15-28(27)44-3)46-20-30(41)38(34)19-29(40)36-18-26-5-4-16-45-26/h6-15,17,26,33H,4-5,16,18-20H2,1-3H3,(H,36,40)/t26-,33-/m0/s1. The summed E-state index contributed by atoms with van der Waals surface area (Å²) in [6, 6.07) is 20.4. The van der Waals surface area contributed by atoms with Crippen molar-refractivity contribution in [1.82, 2.24) is 15.1 Å². The molecule has 240 valence electrons. The second-order valence-corrected chi connectivity index (χ2v) is 12.5. The Morgan fingerprint density at radius 3 is 2.43 bits per heavy atom. The zero-order chi connectivity index (χ0) is 32.2. The van der Waals surface area contributed by atoms with Crippen LogP contribution in [0.2, 0.25) is 5.02 Å². The zero-order valence-corrected chi connectivity index (χ0v) is 27.4. The Kier molecular flexibility index (Phi) is 9.72. The molecule has 46 heavy (non-hydrogen) atoms. The molecular formula is C34H35ClN4O6S. The average molecular weight is 663 g/mol. The Hall–Kier alpha value is -4.19. The molecule has 0 spiro atoms. The molecule has 12 heteroatoms. The molecule has 1 saturated heterocycles. The quantitative estimate of drug-likeness (QED) is 0.231. The summed E-state index contributed by atoms with van der Waals surface area (Å²) in [6.07, 6.45) is 1.83. The largest absolute Gasteiger partial charge is 0.497 e. The number of ether oxygens (including phenoxy) is 4. The van der Waals surface area contributed by atoms with Crippen LogP contribution >= 0.6 is 23.4 Å². The molecule has 10 nitrogen and oxygen atoms in total. The van der Waals surface area contributed by atoms with Crippen LogP contribution in [-0.2, 0) is 14.3 Å². The second kappa shape index (κ2) is 14.1. The normalized spacial score (nSPS) is 17.7. The van der Waals surface area contributed by atoms with E-state index in [1.807, 2.05) is 66.7 Å². The van der Waals surface area contributed by atoms with Gasteiger partial charge in [0.15, 0.2) is 0 Å². The lowest BCUT2D eigenvalue weighted by Gasteiger charge is -2.24. The molecule has 2 atom stereocenters. The van der Waals surface area contributed by atoms with E-state index in [-0.39, 0.29) is 30.2 Å². The summed E-state index contributed by atoms with van der Waals surface area (Å²) in [7, 11) is 4.83. The van der Waals surface area contributed by atoms with Crippen LogP contribution in [0, 0.1) is 0 Å². The Balaban J connectivity index is 1.56. The number of methoxy groups -OCH3 is 3. The molecule has 6 rings (SSSR count). The molecule has 3 heterocycles. The van der Waals surface area contributed by atoms with Crippen LogP contribution in [0.4, 0.5) is 5.82 Å². The molecule has 1 fully saturated rings. The van der Waals surface area contributed by atoms with Gasteiger partial charge in [-0.15, -0.1) is 11.8 Å². The minimum Gasteiger partial charge on any atom is -0.497 e. The highest BCUT2D eigenvalue weighted by Crippen LogP contribution is 2.51. The van der Waals surface area contributed by atoms with E-state index >= 15 is 0 Å². The summed E-state index contributed by atoms with van der Waals surface area (Å²) < 4.78 is 24.3. The van der Waals surface area contributed by atoms with Gasteiger partial charge < -0.3 is 24.3 Å². The van der Waals surface area contributed by atoms with E-state index in [9.17, 15) is 9.59 Å². The molecule has 0 radical (unpaired) electrons. The fraction of sp³-hybridized carbons (Fsp3) is 0.324. The first kappa shape index (κ1) is 31.8. The van der Waals surface area contributed by atoms with Gasteiger partial charge in [-0.2, -0.15) is 5.10 Å². The number of rotatable bonds is 10. The van der Waals surface area contributed by atoms with Crippen molar-refractivity contribution in [2.75, 3.05) is 51.7 Å². The van der Waals surface area contributed by atoms with E-state index in [2.05, 4.69) is 5.32 Å². The lowest BCUT2D eigenvalue weighted by molar-refractivity contribution is -0.123. The smallest absolute Gasteiger partial charge is 0.240 e. The van der Waals surface area contributed by atoms with Gasteiger partial charge in [-0.3, -0.25) is 14.5 Å². The van der Waals surface area contributed by atoms with Gasteiger partial charge in [-0.1, -0.05) is 23.7 Å². The van der Waals surface area contributed by atoms with Crippen molar-refractivity contribution in [2.45, 2.75) is 24.2 Å². The van der Waals surface area contributed by atoms with Gasteiger partial charge in [0.1, 0.15) is 29.6 Å². The predicted molar refractivity (Wildman–Crippen MR) is 179 cm³/mol. The van der Waals surface area contributed by atoms with E-state index in [4.69, 9.17) is 35.6 Å².